The third kappa shape index (κ3) is 5.28. The molecule has 1 nitrogen and oxygen atoms in total. The van der Waals surface area contributed by atoms with Gasteiger partial charge in [0.15, 0.2) is 0 Å². The summed E-state index contributed by atoms with van der Waals surface area (Å²) in [5, 5.41) is 3.74. The lowest BCUT2D eigenvalue weighted by Crippen LogP contribution is -2.52. The zero-order valence-electron chi connectivity index (χ0n) is 22.2. The molecule has 4 rings (SSSR count). The van der Waals surface area contributed by atoms with Gasteiger partial charge in [-0.2, -0.15) is 0 Å². The van der Waals surface area contributed by atoms with Crippen LogP contribution in [0.25, 0.3) is 0 Å². The fourth-order valence-electron chi connectivity index (χ4n) is 9.67. The standard InChI is InChI=1S/C31H57N/c1-4-5-6-7-8-12-23-32-24-13-10-15-26-17-19-28-27-18-16-25-14-9-11-21-30(25,2)29(27)20-22-31(26,28)3/h25-29,32H,4-24H2,1-3H3/t25-,26-,27-,28?,29?,30-,31+/m0/s1. The van der Waals surface area contributed by atoms with Gasteiger partial charge in [-0.15, -0.1) is 0 Å². The number of fused-ring (bicyclic) bond motifs is 5. The zero-order valence-corrected chi connectivity index (χ0v) is 22.2. The molecule has 0 aromatic rings. The summed E-state index contributed by atoms with van der Waals surface area (Å²) < 4.78 is 0. The van der Waals surface area contributed by atoms with Crippen molar-refractivity contribution >= 4 is 0 Å². The van der Waals surface area contributed by atoms with Crippen LogP contribution in [0.15, 0.2) is 0 Å². The Bertz CT molecular complexity index is 557. The van der Waals surface area contributed by atoms with Gasteiger partial charge < -0.3 is 5.32 Å². The van der Waals surface area contributed by atoms with Crippen LogP contribution in [0.1, 0.15) is 143 Å². The lowest BCUT2D eigenvalue weighted by Gasteiger charge is -2.60. The summed E-state index contributed by atoms with van der Waals surface area (Å²) in [5.41, 5.74) is 1.40. The summed E-state index contributed by atoms with van der Waals surface area (Å²) in [6.45, 7) is 10.3. The smallest absolute Gasteiger partial charge is 0.00489 e. The first kappa shape index (κ1) is 25.1. The van der Waals surface area contributed by atoms with Gasteiger partial charge in [0.2, 0.25) is 0 Å². The van der Waals surface area contributed by atoms with E-state index in [0.29, 0.717) is 10.8 Å². The zero-order chi connectivity index (χ0) is 22.4. The first-order chi connectivity index (χ1) is 15.6. The molecule has 2 unspecified atom stereocenters. The molecule has 0 radical (unpaired) electrons. The fourth-order valence-corrected chi connectivity index (χ4v) is 9.67. The van der Waals surface area contributed by atoms with Crippen molar-refractivity contribution in [2.75, 3.05) is 13.1 Å². The van der Waals surface area contributed by atoms with Crippen molar-refractivity contribution in [1.29, 1.82) is 0 Å². The maximum atomic E-state index is 3.74. The molecule has 4 saturated carbocycles. The summed E-state index contributed by atoms with van der Waals surface area (Å²) in [6, 6.07) is 0. The van der Waals surface area contributed by atoms with Crippen LogP contribution in [0.3, 0.4) is 0 Å². The number of hydrogen-bond donors (Lipinski definition) is 1. The molecule has 4 fully saturated rings. The number of rotatable bonds is 12. The molecule has 186 valence electrons. The van der Waals surface area contributed by atoms with Crippen molar-refractivity contribution < 1.29 is 0 Å². The Kier molecular flexibility index (Phi) is 9.08. The molecule has 0 heterocycles. The van der Waals surface area contributed by atoms with Crippen LogP contribution in [-0.4, -0.2) is 13.1 Å². The lowest BCUT2D eigenvalue weighted by molar-refractivity contribution is -0.111. The van der Waals surface area contributed by atoms with Crippen LogP contribution in [-0.2, 0) is 0 Å². The maximum Gasteiger partial charge on any atom is -0.00489 e. The Hall–Kier alpha value is -0.0400. The minimum absolute atomic E-state index is 0.685. The largest absolute Gasteiger partial charge is 0.317 e. The molecule has 0 aromatic heterocycles. The molecule has 1 heteroatoms. The molecular weight excluding hydrogens is 386 g/mol. The van der Waals surface area contributed by atoms with Gasteiger partial charge in [0, 0.05) is 0 Å². The van der Waals surface area contributed by atoms with Crippen LogP contribution < -0.4 is 5.32 Å². The average molecular weight is 444 g/mol. The minimum atomic E-state index is 0.685. The van der Waals surface area contributed by atoms with E-state index in [0.717, 1.165) is 29.6 Å². The van der Waals surface area contributed by atoms with Crippen molar-refractivity contribution in [1.82, 2.24) is 5.32 Å². The summed E-state index contributed by atoms with van der Waals surface area (Å²) in [6.07, 6.45) is 28.4. The van der Waals surface area contributed by atoms with E-state index < -0.39 is 0 Å². The molecule has 1 N–H and O–H groups in total. The lowest BCUT2D eigenvalue weighted by atomic mass is 9.45. The second-order valence-corrected chi connectivity index (χ2v) is 13.2. The summed E-state index contributed by atoms with van der Waals surface area (Å²) in [7, 11) is 0. The van der Waals surface area contributed by atoms with E-state index in [1.807, 2.05) is 0 Å². The summed E-state index contributed by atoms with van der Waals surface area (Å²) in [5.74, 6) is 5.32. The van der Waals surface area contributed by atoms with E-state index in [-0.39, 0.29) is 0 Å². The number of unbranched alkanes of at least 4 members (excludes halogenated alkanes) is 6. The summed E-state index contributed by atoms with van der Waals surface area (Å²) >= 11 is 0. The topological polar surface area (TPSA) is 12.0 Å². The SMILES string of the molecule is CCCCCCCCNCCCC[C@H]1CCC2[C@@H]3CC[C@@H]4CCCC[C@]4(C)C3CC[C@@]21C. The molecule has 0 aromatic carbocycles. The van der Waals surface area contributed by atoms with Gasteiger partial charge in [0.05, 0.1) is 0 Å². The first-order valence-corrected chi connectivity index (χ1v) is 15.3. The van der Waals surface area contributed by atoms with Crippen LogP contribution in [0.5, 0.6) is 0 Å². The highest BCUT2D eigenvalue weighted by Crippen LogP contribution is 2.67. The maximum absolute atomic E-state index is 3.74. The summed E-state index contributed by atoms with van der Waals surface area (Å²) in [4.78, 5) is 0. The van der Waals surface area contributed by atoms with E-state index in [2.05, 4.69) is 26.1 Å². The van der Waals surface area contributed by atoms with Gasteiger partial charge in [-0.05, 0) is 124 Å². The van der Waals surface area contributed by atoms with Crippen LogP contribution >= 0.6 is 0 Å². The Morgan fingerprint density at radius 3 is 2.25 bits per heavy atom. The molecule has 0 saturated heterocycles. The monoisotopic (exact) mass is 443 g/mol. The Labute approximate surface area is 201 Å². The van der Waals surface area contributed by atoms with Gasteiger partial charge in [-0.3, -0.25) is 0 Å². The second-order valence-electron chi connectivity index (χ2n) is 13.2. The van der Waals surface area contributed by atoms with E-state index in [1.54, 1.807) is 51.4 Å². The van der Waals surface area contributed by atoms with Gasteiger partial charge in [-0.1, -0.05) is 72.1 Å². The first-order valence-electron chi connectivity index (χ1n) is 15.3. The van der Waals surface area contributed by atoms with E-state index in [9.17, 15) is 0 Å². The molecular formula is C31H57N. The van der Waals surface area contributed by atoms with Crippen molar-refractivity contribution in [3.8, 4) is 0 Å². The van der Waals surface area contributed by atoms with Crippen LogP contribution in [0, 0.1) is 40.4 Å². The predicted octanol–water partition coefficient (Wildman–Crippen LogP) is 9.16. The molecule has 7 atom stereocenters. The third-order valence-electron chi connectivity index (χ3n) is 11.6. The van der Waals surface area contributed by atoms with Gasteiger partial charge in [0.1, 0.15) is 0 Å². The Balaban J connectivity index is 1.17. The van der Waals surface area contributed by atoms with Crippen molar-refractivity contribution in [2.45, 2.75) is 143 Å². The molecule has 0 bridgehead atoms. The highest BCUT2D eigenvalue weighted by Gasteiger charge is 2.59. The molecule has 0 aliphatic heterocycles. The average Bonchev–Trinajstić information content (AvgIpc) is 3.13. The molecule has 4 aliphatic carbocycles. The molecule has 0 spiro atoms. The minimum Gasteiger partial charge on any atom is -0.317 e. The second kappa shape index (κ2) is 11.6. The highest BCUT2D eigenvalue weighted by atomic mass is 14.8. The van der Waals surface area contributed by atoms with Gasteiger partial charge >= 0.3 is 0 Å². The van der Waals surface area contributed by atoms with Crippen LogP contribution in [0.4, 0.5) is 0 Å². The van der Waals surface area contributed by atoms with E-state index in [4.69, 9.17) is 0 Å². The van der Waals surface area contributed by atoms with E-state index >= 15 is 0 Å². The van der Waals surface area contributed by atoms with Crippen molar-refractivity contribution in [3.05, 3.63) is 0 Å². The van der Waals surface area contributed by atoms with E-state index in [1.165, 1.54) is 83.7 Å². The van der Waals surface area contributed by atoms with Gasteiger partial charge in [0.25, 0.3) is 0 Å². The number of hydrogen-bond acceptors (Lipinski definition) is 1. The normalized spacial score (nSPS) is 41.2. The molecule has 0 amide bonds. The quantitative estimate of drug-likeness (QED) is 0.296. The third-order valence-corrected chi connectivity index (χ3v) is 11.6. The van der Waals surface area contributed by atoms with Crippen molar-refractivity contribution in [3.63, 3.8) is 0 Å². The number of nitrogens with one attached hydrogen (secondary N) is 1. The van der Waals surface area contributed by atoms with Crippen LogP contribution in [0.2, 0.25) is 0 Å². The van der Waals surface area contributed by atoms with Crippen molar-refractivity contribution in [2.24, 2.45) is 40.4 Å². The predicted molar refractivity (Wildman–Crippen MR) is 140 cm³/mol. The molecule has 32 heavy (non-hydrogen) atoms. The van der Waals surface area contributed by atoms with Gasteiger partial charge in [-0.25, -0.2) is 0 Å². The highest BCUT2D eigenvalue weighted by molar-refractivity contribution is 5.08. The Morgan fingerprint density at radius 1 is 0.656 bits per heavy atom. The fraction of sp³-hybridized carbons (Fsp3) is 1.00. The Morgan fingerprint density at radius 2 is 1.41 bits per heavy atom. The molecule has 4 aliphatic rings.